The first-order valence-electron chi connectivity index (χ1n) is 8.39. The molecule has 25 heavy (non-hydrogen) atoms. The Morgan fingerprint density at radius 2 is 1.92 bits per heavy atom. The van der Waals surface area contributed by atoms with Crippen molar-refractivity contribution in [1.82, 2.24) is 0 Å². The van der Waals surface area contributed by atoms with Crippen molar-refractivity contribution in [3.8, 4) is 17.2 Å². The number of rotatable bonds is 8. The molecular weight excluding hydrogens is 338 g/mol. The van der Waals surface area contributed by atoms with E-state index in [9.17, 15) is 0 Å². The Labute approximate surface area is 154 Å². The molecule has 0 aliphatic carbocycles. The first kappa shape index (κ1) is 19.1. The van der Waals surface area contributed by atoms with Crippen molar-refractivity contribution in [1.29, 1.82) is 0 Å². The smallest absolute Gasteiger partial charge is 0.180 e. The summed E-state index contributed by atoms with van der Waals surface area (Å²) in [5.74, 6) is 1.90. The zero-order chi connectivity index (χ0) is 18.2. The highest BCUT2D eigenvalue weighted by Gasteiger charge is 2.14. The second kappa shape index (κ2) is 9.33. The molecule has 0 aromatic heterocycles. The fraction of sp³-hybridized carbons (Fsp3) is 0.350. The number of ether oxygens (including phenoxy) is 3. The van der Waals surface area contributed by atoms with E-state index in [4.69, 9.17) is 25.8 Å². The Morgan fingerprint density at radius 3 is 2.60 bits per heavy atom. The predicted octanol–water partition coefficient (Wildman–Crippen LogP) is 5.68. The molecule has 0 spiro atoms. The summed E-state index contributed by atoms with van der Waals surface area (Å²) in [6, 6.07) is 11.3. The molecule has 134 valence electrons. The maximum absolute atomic E-state index is 6.39. The van der Waals surface area contributed by atoms with Crippen molar-refractivity contribution in [3.63, 3.8) is 0 Å². The highest BCUT2D eigenvalue weighted by atomic mass is 35.5. The molecule has 0 radical (unpaired) electrons. The van der Waals surface area contributed by atoms with Crippen LogP contribution in [-0.2, 0) is 0 Å². The summed E-state index contributed by atoms with van der Waals surface area (Å²) < 4.78 is 16.9. The highest BCUT2D eigenvalue weighted by Crippen LogP contribution is 2.37. The van der Waals surface area contributed by atoms with Gasteiger partial charge in [0.1, 0.15) is 11.4 Å². The zero-order valence-electron chi connectivity index (χ0n) is 15.1. The van der Waals surface area contributed by atoms with Crippen molar-refractivity contribution in [3.05, 3.63) is 47.0 Å². The molecule has 0 unspecified atom stereocenters. The molecule has 0 amide bonds. The molecular formula is C20H24ClNO3. The number of methoxy groups -OCH3 is 1. The van der Waals surface area contributed by atoms with Gasteiger partial charge in [-0.15, -0.1) is 0 Å². The summed E-state index contributed by atoms with van der Waals surface area (Å²) in [5, 5.41) is 0.499. The topological polar surface area (TPSA) is 40.0 Å². The van der Waals surface area contributed by atoms with Crippen LogP contribution in [0.5, 0.6) is 17.2 Å². The van der Waals surface area contributed by atoms with Gasteiger partial charge in [0.05, 0.1) is 24.8 Å². The Bertz CT molecular complexity index is 731. The summed E-state index contributed by atoms with van der Waals surface area (Å²) in [7, 11) is 1.60. The summed E-state index contributed by atoms with van der Waals surface area (Å²) in [4.78, 5) is 4.51. The van der Waals surface area contributed by atoms with E-state index in [1.54, 1.807) is 13.3 Å². The van der Waals surface area contributed by atoms with Crippen LogP contribution < -0.4 is 14.2 Å². The van der Waals surface area contributed by atoms with Gasteiger partial charge in [-0.05, 0) is 50.1 Å². The van der Waals surface area contributed by atoms with Gasteiger partial charge in [0, 0.05) is 6.21 Å². The van der Waals surface area contributed by atoms with Gasteiger partial charge in [-0.3, -0.25) is 4.99 Å². The van der Waals surface area contributed by atoms with Crippen LogP contribution in [0.2, 0.25) is 5.02 Å². The maximum atomic E-state index is 6.39. The largest absolute Gasteiger partial charge is 0.493 e. The van der Waals surface area contributed by atoms with Crippen LogP contribution in [0.4, 0.5) is 5.69 Å². The van der Waals surface area contributed by atoms with E-state index in [0.717, 1.165) is 23.4 Å². The number of aliphatic imine (C=N–C) groups is 1. The second-order valence-electron chi connectivity index (χ2n) is 5.53. The second-order valence-corrected chi connectivity index (χ2v) is 5.94. The lowest BCUT2D eigenvalue weighted by molar-refractivity contribution is 0.208. The van der Waals surface area contributed by atoms with Gasteiger partial charge in [-0.25, -0.2) is 0 Å². The van der Waals surface area contributed by atoms with Crippen LogP contribution in [0.15, 0.2) is 41.4 Å². The quantitative estimate of drug-likeness (QED) is 0.568. The lowest BCUT2D eigenvalue weighted by Crippen LogP contribution is -2.11. The molecule has 0 saturated carbocycles. The van der Waals surface area contributed by atoms with Crippen LogP contribution in [0.1, 0.15) is 32.8 Å². The third-order valence-corrected chi connectivity index (χ3v) is 3.94. The van der Waals surface area contributed by atoms with E-state index < -0.39 is 0 Å². The lowest BCUT2D eigenvalue weighted by Gasteiger charge is -2.17. The van der Waals surface area contributed by atoms with E-state index in [1.807, 2.05) is 50.2 Å². The van der Waals surface area contributed by atoms with Crippen LogP contribution >= 0.6 is 11.6 Å². The number of nitrogens with zero attached hydrogens (tertiary/aromatic N) is 1. The molecule has 2 rings (SSSR count). The standard InChI is InChI=1S/C20H24ClNO3/c1-5-14(3)25-20-16(21)11-15(12-19(20)23-4)13-22-17-9-7-8-10-18(17)24-6-2/h7-14H,5-6H2,1-4H3/t14-/m0/s1. The molecule has 0 N–H and O–H groups in total. The third kappa shape index (κ3) is 5.13. The Morgan fingerprint density at radius 1 is 1.16 bits per heavy atom. The van der Waals surface area contributed by atoms with Crippen molar-refractivity contribution in [2.45, 2.75) is 33.3 Å². The first-order valence-corrected chi connectivity index (χ1v) is 8.76. The number of para-hydroxylation sites is 2. The molecule has 0 heterocycles. The van der Waals surface area contributed by atoms with Crippen molar-refractivity contribution in [2.24, 2.45) is 4.99 Å². The van der Waals surface area contributed by atoms with E-state index in [1.165, 1.54) is 0 Å². The van der Waals surface area contributed by atoms with E-state index in [-0.39, 0.29) is 6.10 Å². The van der Waals surface area contributed by atoms with Gasteiger partial charge in [0.15, 0.2) is 11.5 Å². The predicted molar refractivity (Wildman–Crippen MR) is 103 cm³/mol. The zero-order valence-corrected chi connectivity index (χ0v) is 15.8. The van der Waals surface area contributed by atoms with E-state index in [0.29, 0.717) is 23.1 Å². The van der Waals surface area contributed by atoms with Crippen LogP contribution in [0.3, 0.4) is 0 Å². The Balaban J connectivity index is 2.30. The molecule has 2 aromatic rings. The molecule has 4 nitrogen and oxygen atoms in total. The fourth-order valence-corrected chi connectivity index (χ4v) is 2.46. The molecule has 2 aromatic carbocycles. The van der Waals surface area contributed by atoms with Crippen molar-refractivity contribution < 1.29 is 14.2 Å². The maximum Gasteiger partial charge on any atom is 0.180 e. The number of hydrogen-bond acceptors (Lipinski definition) is 4. The van der Waals surface area contributed by atoms with Crippen molar-refractivity contribution in [2.75, 3.05) is 13.7 Å². The minimum Gasteiger partial charge on any atom is -0.493 e. The molecule has 1 atom stereocenters. The molecule has 0 fully saturated rings. The van der Waals surface area contributed by atoms with Gasteiger partial charge in [-0.1, -0.05) is 30.7 Å². The summed E-state index contributed by atoms with van der Waals surface area (Å²) in [5.41, 5.74) is 1.59. The van der Waals surface area contributed by atoms with Gasteiger partial charge < -0.3 is 14.2 Å². The van der Waals surface area contributed by atoms with Crippen LogP contribution in [-0.4, -0.2) is 26.0 Å². The average molecular weight is 362 g/mol. The minimum absolute atomic E-state index is 0.0592. The normalized spacial score (nSPS) is 12.2. The SMILES string of the molecule is CCOc1ccccc1N=Cc1cc(Cl)c(O[C@@H](C)CC)c(OC)c1. The van der Waals surface area contributed by atoms with Gasteiger partial charge >= 0.3 is 0 Å². The highest BCUT2D eigenvalue weighted by molar-refractivity contribution is 6.32. The van der Waals surface area contributed by atoms with Gasteiger partial charge in [0.25, 0.3) is 0 Å². The summed E-state index contributed by atoms with van der Waals surface area (Å²) >= 11 is 6.39. The summed E-state index contributed by atoms with van der Waals surface area (Å²) in [6.07, 6.45) is 2.68. The average Bonchev–Trinajstić information content (AvgIpc) is 2.62. The molecule has 0 aliphatic heterocycles. The number of halogens is 1. The van der Waals surface area contributed by atoms with E-state index >= 15 is 0 Å². The third-order valence-electron chi connectivity index (χ3n) is 3.66. The minimum atomic E-state index is 0.0592. The fourth-order valence-electron chi connectivity index (χ4n) is 2.20. The Kier molecular flexibility index (Phi) is 7.14. The number of benzene rings is 2. The number of hydrogen-bond donors (Lipinski definition) is 0. The lowest BCUT2D eigenvalue weighted by atomic mass is 10.2. The molecule has 0 aliphatic rings. The molecule has 0 bridgehead atoms. The van der Waals surface area contributed by atoms with Crippen LogP contribution in [0.25, 0.3) is 0 Å². The molecule has 0 saturated heterocycles. The van der Waals surface area contributed by atoms with Crippen molar-refractivity contribution >= 4 is 23.5 Å². The van der Waals surface area contributed by atoms with Crippen LogP contribution in [0, 0.1) is 0 Å². The summed E-state index contributed by atoms with van der Waals surface area (Å²) in [6.45, 7) is 6.59. The first-order chi connectivity index (χ1) is 12.1. The monoisotopic (exact) mass is 361 g/mol. The Hall–Kier alpha value is -2.20. The van der Waals surface area contributed by atoms with E-state index in [2.05, 4.69) is 11.9 Å². The van der Waals surface area contributed by atoms with Gasteiger partial charge in [-0.2, -0.15) is 0 Å². The van der Waals surface area contributed by atoms with Gasteiger partial charge in [0.2, 0.25) is 0 Å². The molecule has 5 heteroatoms.